The topological polar surface area (TPSA) is 92.1 Å². The van der Waals surface area contributed by atoms with Crippen LogP contribution in [0.5, 0.6) is 0 Å². The maximum atomic E-state index is 12.3. The number of rotatable bonds is 9. The van der Waals surface area contributed by atoms with Crippen LogP contribution in [0.1, 0.15) is 116 Å². The van der Waals surface area contributed by atoms with Gasteiger partial charge in [0.05, 0.1) is 0 Å². The van der Waals surface area contributed by atoms with E-state index in [9.17, 15) is 26.3 Å². The van der Waals surface area contributed by atoms with Crippen LogP contribution < -0.4 is 0 Å². The molecule has 222 valence electrons. The van der Waals surface area contributed by atoms with E-state index in [4.69, 9.17) is 0 Å². The highest BCUT2D eigenvalue weighted by Gasteiger charge is 2.23. The van der Waals surface area contributed by atoms with Gasteiger partial charge in [-0.05, 0) is 20.8 Å². The van der Waals surface area contributed by atoms with Crippen LogP contribution in [0.2, 0.25) is 0 Å². The molecule has 0 saturated carbocycles. The van der Waals surface area contributed by atoms with Crippen molar-refractivity contribution in [3.05, 3.63) is 36.5 Å². The van der Waals surface area contributed by atoms with E-state index in [0.717, 1.165) is 0 Å². The Bertz CT molecular complexity index is 944. The quantitative estimate of drug-likeness (QED) is 0.268. The van der Waals surface area contributed by atoms with Gasteiger partial charge in [-0.3, -0.25) is 0 Å². The Kier molecular flexibility index (Phi) is 13.6. The summed E-state index contributed by atoms with van der Waals surface area (Å²) in [6.45, 7) is 15.7. The lowest BCUT2D eigenvalue weighted by molar-refractivity contribution is 0.0829. The molecule has 0 radical (unpaired) electrons. The first-order valence-corrected chi connectivity index (χ1v) is 12.6. The summed E-state index contributed by atoms with van der Waals surface area (Å²) in [5.74, 6) is 2.16. The van der Waals surface area contributed by atoms with Gasteiger partial charge >= 0.3 is 0 Å². The summed E-state index contributed by atoms with van der Waals surface area (Å²) >= 11 is 0. The Morgan fingerprint density at radius 3 is 0.795 bits per heavy atom. The summed E-state index contributed by atoms with van der Waals surface area (Å²) < 4.78 is 77.9. The molecule has 0 aromatic carbocycles. The van der Waals surface area contributed by atoms with Crippen LogP contribution in [0.4, 0.5) is 26.3 Å². The molecule has 39 heavy (non-hydrogen) atoms. The fraction of sp³-hybridized carbons (Fsp3) is 0.750. The maximum absolute atomic E-state index is 12.3. The summed E-state index contributed by atoms with van der Waals surface area (Å²) in [4.78, 5) is 11.8. The summed E-state index contributed by atoms with van der Waals surface area (Å²) in [5, 5.41) is 11.4. The molecular formula is C24H39F6N9. The highest BCUT2D eigenvalue weighted by atomic mass is 19.3. The van der Waals surface area contributed by atoms with Gasteiger partial charge in [0.2, 0.25) is 0 Å². The molecule has 0 N–H and O–H groups in total. The molecule has 9 nitrogen and oxygen atoms in total. The monoisotopic (exact) mass is 567 g/mol. The van der Waals surface area contributed by atoms with Crippen molar-refractivity contribution >= 4 is 0 Å². The molecule has 0 amide bonds. The van der Waals surface area contributed by atoms with Gasteiger partial charge in [-0.25, -0.2) is 55.3 Å². The Balaban J connectivity index is 0.000000292. The molecule has 0 aliphatic rings. The van der Waals surface area contributed by atoms with Crippen LogP contribution in [0.3, 0.4) is 0 Å². The zero-order valence-corrected chi connectivity index (χ0v) is 23.7. The van der Waals surface area contributed by atoms with E-state index in [2.05, 4.69) is 30.2 Å². The molecule has 3 rings (SSSR count). The first-order chi connectivity index (χ1) is 18.1. The van der Waals surface area contributed by atoms with Crippen LogP contribution in [0.25, 0.3) is 0 Å². The number of nitrogens with zero attached hydrogens (tertiary/aromatic N) is 9. The summed E-state index contributed by atoms with van der Waals surface area (Å²) in [6.07, 6.45) is -3.27. The third kappa shape index (κ3) is 9.60. The number of alkyl halides is 6. The van der Waals surface area contributed by atoms with Crippen molar-refractivity contribution in [2.45, 2.75) is 117 Å². The number of halogens is 6. The lowest BCUT2D eigenvalue weighted by Crippen LogP contribution is -2.18. The standard InChI is InChI=1S/3C8H13F2N3/c3*1-5(2)8-11-4-12-13(8)6(3)7(9)10/h3*4-7H,1-3H3/t2*6-;/m10./s1. The fourth-order valence-corrected chi connectivity index (χ4v) is 3.28. The smallest absolute Gasteiger partial charge is 0.241 e. The van der Waals surface area contributed by atoms with Gasteiger partial charge in [-0.1, -0.05) is 41.5 Å². The average molecular weight is 568 g/mol. The van der Waals surface area contributed by atoms with Gasteiger partial charge in [0.15, 0.2) is 0 Å². The first-order valence-electron chi connectivity index (χ1n) is 12.6. The minimum Gasteiger partial charge on any atom is -0.241 e. The average Bonchev–Trinajstić information content (AvgIpc) is 3.63. The van der Waals surface area contributed by atoms with Gasteiger partial charge in [-0.2, -0.15) is 15.3 Å². The second-order valence-electron chi connectivity index (χ2n) is 9.88. The third-order valence-corrected chi connectivity index (χ3v) is 5.60. The molecule has 0 aliphatic heterocycles. The lowest BCUT2D eigenvalue weighted by Gasteiger charge is -2.14. The second-order valence-corrected chi connectivity index (χ2v) is 9.88. The molecule has 15 heteroatoms. The number of hydrogen-bond donors (Lipinski definition) is 0. The molecule has 0 fully saturated rings. The van der Waals surface area contributed by atoms with E-state index >= 15 is 0 Å². The van der Waals surface area contributed by atoms with Crippen molar-refractivity contribution in [2.75, 3.05) is 0 Å². The van der Waals surface area contributed by atoms with Crippen LogP contribution in [-0.4, -0.2) is 63.6 Å². The van der Waals surface area contributed by atoms with E-state index in [1.165, 1.54) is 53.8 Å². The minimum absolute atomic E-state index is 0.115. The number of aromatic nitrogens is 9. The van der Waals surface area contributed by atoms with Crippen molar-refractivity contribution in [2.24, 2.45) is 0 Å². The van der Waals surface area contributed by atoms with E-state index in [1.54, 1.807) is 0 Å². The molecule has 0 aliphatic carbocycles. The molecule has 3 atom stereocenters. The largest absolute Gasteiger partial charge is 0.260 e. The molecule has 0 bridgehead atoms. The fourth-order valence-electron chi connectivity index (χ4n) is 3.28. The number of hydrogen-bond acceptors (Lipinski definition) is 6. The normalized spacial score (nSPS) is 14.1. The molecule has 0 saturated heterocycles. The maximum Gasteiger partial charge on any atom is 0.260 e. The van der Waals surface area contributed by atoms with Crippen molar-refractivity contribution in [3.63, 3.8) is 0 Å². The van der Waals surface area contributed by atoms with Crippen LogP contribution >= 0.6 is 0 Å². The van der Waals surface area contributed by atoms with Crippen molar-refractivity contribution in [3.8, 4) is 0 Å². The Hall–Kier alpha value is -3.00. The van der Waals surface area contributed by atoms with Crippen molar-refractivity contribution in [1.29, 1.82) is 0 Å². The minimum atomic E-state index is -2.40. The van der Waals surface area contributed by atoms with Gasteiger partial charge in [0.1, 0.15) is 54.6 Å². The Morgan fingerprint density at radius 1 is 0.436 bits per heavy atom. The van der Waals surface area contributed by atoms with E-state index in [0.29, 0.717) is 17.5 Å². The summed E-state index contributed by atoms with van der Waals surface area (Å²) in [6, 6.07) is -2.71. The zero-order chi connectivity index (χ0) is 30.0. The Morgan fingerprint density at radius 2 is 0.641 bits per heavy atom. The Labute approximate surface area is 225 Å². The highest BCUT2D eigenvalue weighted by molar-refractivity contribution is 4.95. The van der Waals surface area contributed by atoms with Crippen molar-refractivity contribution < 1.29 is 26.3 Å². The van der Waals surface area contributed by atoms with E-state index in [1.807, 2.05) is 41.5 Å². The van der Waals surface area contributed by atoms with E-state index < -0.39 is 37.4 Å². The summed E-state index contributed by atoms with van der Waals surface area (Å²) in [7, 11) is 0. The molecule has 1 unspecified atom stereocenters. The predicted molar refractivity (Wildman–Crippen MR) is 134 cm³/mol. The SMILES string of the molecule is CC(C)c1ncnn1C(C)C(F)F.CC(C)c1ncnn1[C@@H](C)C(F)F.CC(C)c1ncnn1[C@H](C)C(F)F. The first kappa shape index (κ1) is 34.0. The molecule has 0 spiro atoms. The summed E-state index contributed by atoms with van der Waals surface area (Å²) in [5.41, 5.74) is 0. The van der Waals surface area contributed by atoms with Crippen LogP contribution in [0, 0.1) is 0 Å². The van der Waals surface area contributed by atoms with Gasteiger partial charge in [0, 0.05) is 17.8 Å². The third-order valence-electron chi connectivity index (χ3n) is 5.60. The molecule has 3 aromatic heterocycles. The predicted octanol–water partition coefficient (Wildman–Crippen LogP) is 6.68. The van der Waals surface area contributed by atoms with Crippen molar-refractivity contribution in [1.82, 2.24) is 44.3 Å². The highest BCUT2D eigenvalue weighted by Crippen LogP contribution is 2.22. The molecule has 3 heterocycles. The molecular weight excluding hydrogens is 528 g/mol. The second kappa shape index (κ2) is 15.6. The molecule has 3 aromatic rings. The van der Waals surface area contributed by atoms with Gasteiger partial charge in [0.25, 0.3) is 19.3 Å². The van der Waals surface area contributed by atoms with Gasteiger partial charge < -0.3 is 0 Å². The lowest BCUT2D eigenvalue weighted by atomic mass is 10.2. The van der Waals surface area contributed by atoms with Crippen LogP contribution in [0.15, 0.2) is 19.0 Å². The van der Waals surface area contributed by atoms with E-state index in [-0.39, 0.29) is 17.8 Å². The van der Waals surface area contributed by atoms with Crippen LogP contribution in [-0.2, 0) is 0 Å². The zero-order valence-electron chi connectivity index (χ0n) is 23.7. The van der Waals surface area contributed by atoms with Gasteiger partial charge in [-0.15, -0.1) is 0 Å².